The number of aryl methyl sites for hydroxylation is 1. The number of rotatable bonds is 2. The molecule has 0 bridgehead atoms. The van der Waals surface area contributed by atoms with Crippen LogP contribution in [0.5, 0.6) is 0 Å². The number of nitrogens with zero attached hydrogens (tertiary/aromatic N) is 3. The Bertz CT molecular complexity index is 565. The van der Waals surface area contributed by atoms with E-state index in [1.807, 2.05) is 6.92 Å². The average molecular weight is 288 g/mol. The first kappa shape index (κ1) is 13.5. The van der Waals surface area contributed by atoms with Crippen LogP contribution in [0.15, 0.2) is 30.3 Å². The summed E-state index contributed by atoms with van der Waals surface area (Å²) in [5.41, 5.74) is 3.87. The van der Waals surface area contributed by atoms with Gasteiger partial charge in [0.05, 0.1) is 6.54 Å². The number of hydrogen-bond acceptors (Lipinski definition) is 3. The molecular formula is C16H18ClN3. The van der Waals surface area contributed by atoms with Crippen molar-refractivity contribution in [1.82, 2.24) is 14.9 Å². The second-order valence-corrected chi connectivity index (χ2v) is 5.68. The number of benzene rings is 1. The van der Waals surface area contributed by atoms with Crippen LogP contribution in [0.4, 0.5) is 0 Å². The van der Waals surface area contributed by atoms with E-state index in [0.29, 0.717) is 5.15 Å². The van der Waals surface area contributed by atoms with Crippen molar-refractivity contribution in [3.63, 3.8) is 0 Å². The smallest absolute Gasteiger partial charge is 0.144 e. The molecule has 0 radical (unpaired) electrons. The summed E-state index contributed by atoms with van der Waals surface area (Å²) in [6, 6.07) is 10.5. The van der Waals surface area contributed by atoms with Crippen molar-refractivity contribution >= 4 is 11.6 Å². The Morgan fingerprint density at radius 1 is 1.10 bits per heavy atom. The third-order valence-electron chi connectivity index (χ3n) is 3.75. The van der Waals surface area contributed by atoms with Gasteiger partial charge in [0.1, 0.15) is 11.0 Å². The van der Waals surface area contributed by atoms with E-state index >= 15 is 0 Å². The summed E-state index contributed by atoms with van der Waals surface area (Å²) < 4.78 is 0. The van der Waals surface area contributed by atoms with Crippen LogP contribution in [-0.2, 0) is 19.4 Å². The summed E-state index contributed by atoms with van der Waals surface area (Å²) >= 11 is 6.00. The number of halogens is 1. The molecule has 2 aromatic rings. The highest BCUT2D eigenvalue weighted by molar-refractivity contribution is 6.29. The van der Waals surface area contributed by atoms with Gasteiger partial charge in [-0.05, 0) is 37.0 Å². The van der Waals surface area contributed by atoms with Crippen molar-refractivity contribution in [2.45, 2.75) is 26.3 Å². The minimum atomic E-state index is 0.533. The molecule has 0 saturated heterocycles. The van der Waals surface area contributed by atoms with Gasteiger partial charge in [-0.1, -0.05) is 35.9 Å². The Morgan fingerprint density at radius 3 is 2.35 bits per heavy atom. The molecule has 0 unspecified atom stereocenters. The fourth-order valence-electron chi connectivity index (χ4n) is 2.73. The molecule has 3 nitrogen and oxygen atoms in total. The van der Waals surface area contributed by atoms with E-state index in [1.54, 1.807) is 6.07 Å². The molecular weight excluding hydrogens is 270 g/mol. The van der Waals surface area contributed by atoms with Gasteiger partial charge in [0.25, 0.3) is 0 Å². The SMILES string of the molecule is Cc1cc(Cl)nc(CN2CCc3ccccc3CC2)n1. The molecule has 0 atom stereocenters. The molecule has 20 heavy (non-hydrogen) atoms. The predicted octanol–water partition coefficient (Wildman–Crippen LogP) is 3.04. The first-order valence-electron chi connectivity index (χ1n) is 7.00. The van der Waals surface area contributed by atoms with E-state index in [1.165, 1.54) is 11.1 Å². The molecule has 2 heterocycles. The molecule has 0 amide bonds. The highest BCUT2D eigenvalue weighted by Gasteiger charge is 2.15. The van der Waals surface area contributed by atoms with Crippen LogP contribution < -0.4 is 0 Å². The van der Waals surface area contributed by atoms with Crippen LogP contribution >= 0.6 is 11.6 Å². The maximum Gasteiger partial charge on any atom is 0.144 e. The summed E-state index contributed by atoms with van der Waals surface area (Å²) in [5, 5.41) is 0.533. The quantitative estimate of drug-likeness (QED) is 0.795. The summed E-state index contributed by atoms with van der Waals surface area (Å²) in [4.78, 5) is 11.2. The lowest BCUT2D eigenvalue weighted by Crippen LogP contribution is -2.27. The fourth-order valence-corrected chi connectivity index (χ4v) is 2.99. The maximum absolute atomic E-state index is 6.00. The Hall–Kier alpha value is -1.45. The Labute approximate surface area is 124 Å². The number of aromatic nitrogens is 2. The van der Waals surface area contributed by atoms with Crippen molar-refractivity contribution in [2.24, 2.45) is 0 Å². The van der Waals surface area contributed by atoms with Crippen molar-refractivity contribution in [2.75, 3.05) is 13.1 Å². The van der Waals surface area contributed by atoms with Crippen molar-refractivity contribution < 1.29 is 0 Å². The Balaban J connectivity index is 1.71. The van der Waals surface area contributed by atoms with Gasteiger partial charge >= 0.3 is 0 Å². The first-order valence-corrected chi connectivity index (χ1v) is 7.38. The van der Waals surface area contributed by atoms with Gasteiger partial charge < -0.3 is 0 Å². The third kappa shape index (κ3) is 3.17. The van der Waals surface area contributed by atoms with Gasteiger partial charge in [-0.3, -0.25) is 4.90 Å². The summed E-state index contributed by atoms with van der Waals surface area (Å²) in [5.74, 6) is 0.820. The number of hydrogen-bond donors (Lipinski definition) is 0. The predicted molar refractivity (Wildman–Crippen MR) is 80.9 cm³/mol. The molecule has 1 aromatic carbocycles. The van der Waals surface area contributed by atoms with Gasteiger partial charge in [-0.15, -0.1) is 0 Å². The van der Waals surface area contributed by atoms with Gasteiger partial charge in [0.15, 0.2) is 0 Å². The molecule has 104 valence electrons. The molecule has 1 aromatic heterocycles. The molecule has 0 N–H and O–H groups in total. The van der Waals surface area contributed by atoms with Crippen LogP contribution in [0.1, 0.15) is 22.6 Å². The molecule has 0 spiro atoms. The van der Waals surface area contributed by atoms with Gasteiger partial charge in [-0.2, -0.15) is 0 Å². The van der Waals surface area contributed by atoms with E-state index in [2.05, 4.69) is 39.1 Å². The van der Waals surface area contributed by atoms with E-state index < -0.39 is 0 Å². The minimum Gasteiger partial charge on any atom is -0.295 e. The lowest BCUT2D eigenvalue weighted by Gasteiger charge is -2.18. The highest BCUT2D eigenvalue weighted by atomic mass is 35.5. The largest absolute Gasteiger partial charge is 0.295 e. The van der Waals surface area contributed by atoms with Crippen molar-refractivity contribution in [1.29, 1.82) is 0 Å². The van der Waals surface area contributed by atoms with E-state index in [4.69, 9.17) is 11.6 Å². The topological polar surface area (TPSA) is 29.0 Å². The lowest BCUT2D eigenvalue weighted by molar-refractivity contribution is 0.272. The summed E-state index contributed by atoms with van der Waals surface area (Å²) in [6.45, 7) is 4.82. The molecule has 3 rings (SSSR count). The zero-order chi connectivity index (χ0) is 13.9. The first-order chi connectivity index (χ1) is 9.70. The highest BCUT2D eigenvalue weighted by Crippen LogP contribution is 2.17. The summed E-state index contributed by atoms with van der Waals surface area (Å²) in [6.07, 6.45) is 2.19. The van der Waals surface area contributed by atoms with Crippen LogP contribution in [0.3, 0.4) is 0 Å². The Kier molecular flexibility index (Phi) is 3.99. The van der Waals surface area contributed by atoms with E-state index in [0.717, 1.165) is 44.0 Å². The lowest BCUT2D eigenvalue weighted by atomic mass is 10.0. The minimum absolute atomic E-state index is 0.533. The van der Waals surface area contributed by atoms with E-state index in [9.17, 15) is 0 Å². The third-order valence-corrected chi connectivity index (χ3v) is 3.94. The zero-order valence-electron chi connectivity index (χ0n) is 11.6. The molecule has 1 aliphatic heterocycles. The molecule has 1 aliphatic rings. The average Bonchev–Trinajstić information content (AvgIpc) is 2.61. The monoisotopic (exact) mass is 287 g/mol. The normalized spacial score (nSPS) is 15.7. The fraction of sp³-hybridized carbons (Fsp3) is 0.375. The van der Waals surface area contributed by atoms with Gasteiger partial charge in [-0.25, -0.2) is 9.97 Å². The van der Waals surface area contributed by atoms with Crippen LogP contribution in [-0.4, -0.2) is 28.0 Å². The Morgan fingerprint density at radius 2 is 1.75 bits per heavy atom. The van der Waals surface area contributed by atoms with Gasteiger partial charge in [0.2, 0.25) is 0 Å². The second-order valence-electron chi connectivity index (χ2n) is 5.29. The second kappa shape index (κ2) is 5.90. The van der Waals surface area contributed by atoms with Crippen LogP contribution in [0, 0.1) is 6.92 Å². The van der Waals surface area contributed by atoms with Crippen LogP contribution in [0.25, 0.3) is 0 Å². The van der Waals surface area contributed by atoms with Crippen LogP contribution in [0.2, 0.25) is 5.15 Å². The summed E-state index contributed by atoms with van der Waals surface area (Å²) in [7, 11) is 0. The molecule has 0 saturated carbocycles. The van der Waals surface area contributed by atoms with Gasteiger partial charge in [0, 0.05) is 18.8 Å². The van der Waals surface area contributed by atoms with E-state index in [-0.39, 0.29) is 0 Å². The van der Waals surface area contributed by atoms with Crippen molar-refractivity contribution in [3.8, 4) is 0 Å². The molecule has 0 fully saturated rings. The standard InChI is InChI=1S/C16H18ClN3/c1-12-10-15(17)19-16(18-12)11-20-8-6-13-4-2-3-5-14(13)7-9-20/h2-5,10H,6-9,11H2,1H3. The van der Waals surface area contributed by atoms with Crippen molar-refractivity contribution in [3.05, 3.63) is 58.1 Å². The maximum atomic E-state index is 6.00. The molecule has 0 aliphatic carbocycles. The number of fused-ring (bicyclic) bond motifs is 1. The molecule has 4 heteroatoms. The zero-order valence-corrected chi connectivity index (χ0v) is 12.4.